The maximum atomic E-state index is 13.9. The molecule has 0 unspecified atom stereocenters. The van der Waals surface area contributed by atoms with Gasteiger partial charge in [0.2, 0.25) is 11.8 Å². The number of nitrogens with one attached hydrogen (secondary N) is 2. The summed E-state index contributed by atoms with van der Waals surface area (Å²) in [5.74, 6) is -0.874. The number of amides is 2. The van der Waals surface area contributed by atoms with Crippen molar-refractivity contribution in [2.75, 3.05) is 21.2 Å². The van der Waals surface area contributed by atoms with Crippen LogP contribution < -0.4 is 10.6 Å². The Labute approximate surface area is 234 Å². The average Bonchev–Trinajstić information content (AvgIpc) is 3.21. The highest BCUT2D eigenvalue weighted by atomic mass is 16.5. The van der Waals surface area contributed by atoms with Gasteiger partial charge in [0.25, 0.3) is 0 Å². The molecule has 8 heteroatoms. The quantitative estimate of drug-likeness (QED) is 0.349. The first-order valence-corrected chi connectivity index (χ1v) is 13.5. The van der Waals surface area contributed by atoms with Crippen LogP contribution in [-0.2, 0) is 31.6 Å². The summed E-state index contributed by atoms with van der Waals surface area (Å²) in [6, 6.07) is 6.39. The van der Waals surface area contributed by atoms with Crippen molar-refractivity contribution in [3.63, 3.8) is 0 Å². The number of nitrogens with zero attached hydrogens (tertiary/aromatic N) is 2. The molecule has 2 N–H and O–H groups in total. The zero-order chi connectivity index (χ0) is 29.9. The third-order valence-electron chi connectivity index (χ3n) is 7.67. The molecule has 2 amide bonds. The molecule has 0 radical (unpaired) electrons. The molecule has 216 valence electrons. The van der Waals surface area contributed by atoms with E-state index in [-0.39, 0.29) is 23.8 Å². The fourth-order valence-corrected chi connectivity index (χ4v) is 5.29. The number of hydrogen-bond donors (Lipinski definition) is 2. The molecule has 1 heterocycles. The van der Waals surface area contributed by atoms with E-state index in [1.165, 1.54) is 7.11 Å². The van der Waals surface area contributed by atoms with Crippen molar-refractivity contribution in [2.45, 2.75) is 78.9 Å². The third kappa shape index (κ3) is 6.90. The predicted octanol–water partition coefficient (Wildman–Crippen LogP) is 4.18. The van der Waals surface area contributed by atoms with E-state index in [1.807, 2.05) is 67.6 Å². The first-order chi connectivity index (χ1) is 18.0. The Morgan fingerprint density at radius 2 is 1.64 bits per heavy atom. The second-order valence-corrected chi connectivity index (χ2v) is 12.4. The number of ether oxygens (including phenoxy) is 1. The predicted molar refractivity (Wildman–Crippen MR) is 157 cm³/mol. The van der Waals surface area contributed by atoms with Gasteiger partial charge in [-0.05, 0) is 36.9 Å². The van der Waals surface area contributed by atoms with Crippen LogP contribution in [-0.4, -0.2) is 66.6 Å². The van der Waals surface area contributed by atoms with Crippen LogP contribution in [0, 0.1) is 11.3 Å². The third-order valence-corrected chi connectivity index (χ3v) is 7.67. The van der Waals surface area contributed by atoms with Gasteiger partial charge in [-0.3, -0.25) is 9.59 Å². The van der Waals surface area contributed by atoms with E-state index in [0.717, 1.165) is 16.5 Å². The van der Waals surface area contributed by atoms with E-state index in [1.54, 1.807) is 32.0 Å². The molecule has 0 aliphatic carbocycles. The van der Waals surface area contributed by atoms with E-state index in [2.05, 4.69) is 33.5 Å². The van der Waals surface area contributed by atoms with Gasteiger partial charge < -0.3 is 24.8 Å². The Morgan fingerprint density at radius 3 is 2.15 bits per heavy atom. The summed E-state index contributed by atoms with van der Waals surface area (Å²) in [7, 11) is 6.82. The summed E-state index contributed by atoms with van der Waals surface area (Å²) in [5, 5.41) is 7.40. The fourth-order valence-electron chi connectivity index (χ4n) is 5.29. The number of esters is 1. The average molecular weight is 541 g/mol. The van der Waals surface area contributed by atoms with Crippen molar-refractivity contribution < 1.29 is 19.1 Å². The summed E-state index contributed by atoms with van der Waals surface area (Å²) in [6.45, 7) is 15.6. The van der Waals surface area contributed by atoms with Crippen LogP contribution in [0.3, 0.4) is 0 Å². The van der Waals surface area contributed by atoms with Gasteiger partial charge in [-0.15, -0.1) is 0 Å². The number of aryl methyl sites for hydroxylation is 1. The lowest BCUT2D eigenvalue weighted by Gasteiger charge is -2.39. The van der Waals surface area contributed by atoms with Crippen LogP contribution in [0.2, 0.25) is 0 Å². The molecule has 0 aliphatic rings. The Kier molecular flexibility index (Phi) is 10.2. The molecule has 0 spiro atoms. The van der Waals surface area contributed by atoms with Gasteiger partial charge in [0.05, 0.1) is 19.2 Å². The van der Waals surface area contributed by atoms with Gasteiger partial charge in [0.1, 0.15) is 6.04 Å². The molecule has 0 bridgehead atoms. The molecule has 1 aromatic heterocycles. The SMILES string of the molecule is CN[C@@H](C(=O)N[C@@H](C(=O)N(C)[C@H](/C=C(\C)C(=O)OC)C(C)C)C(C)(C)C)C(C)(C)c1cn(C)c2ccccc12. The molecule has 2 aromatic rings. The van der Waals surface area contributed by atoms with Gasteiger partial charge in [-0.1, -0.05) is 72.7 Å². The summed E-state index contributed by atoms with van der Waals surface area (Å²) >= 11 is 0. The number of rotatable bonds is 10. The van der Waals surface area contributed by atoms with Crippen molar-refractivity contribution in [3.05, 3.63) is 47.7 Å². The Hall–Kier alpha value is -3.13. The number of carbonyl (C=O) groups is 3. The van der Waals surface area contributed by atoms with Gasteiger partial charge in [0.15, 0.2) is 0 Å². The minimum absolute atomic E-state index is 0.0326. The number of benzene rings is 1. The summed E-state index contributed by atoms with van der Waals surface area (Å²) in [5.41, 5.74) is 1.42. The number of fused-ring (bicyclic) bond motifs is 1. The standard InChI is InChI=1S/C31H48N4O4/c1-19(2)24(17-20(3)29(38)39-12)35(11)28(37)26(30(4,5)6)33-27(36)25(32-9)31(7,8)22-18-34(10)23-16-14-13-15-21(22)23/h13-19,24-26,32H,1-12H3,(H,33,36)/b20-17+/t24-,25+,26+/m1/s1. The van der Waals surface area contributed by atoms with Crippen LogP contribution in [0.25, 0.3) is 10.9 Å². The highest BCUT2D eigenvalue weighted by Crippen LogP contribution is 2.35. The molecule has 0 saturated heterocycles. The van der Waals surface area contributed by atoms with E-state index in [9.17, 15) is 14.4 Å². The van der Waals surface area contributed by atoms with E-state index in [0.29, 0.717) is 5.57 Å². The molecule has 3 atom stereocenters. The summed E-state index contributed by atoms with van der Waals surface area (Å²) < 4.78 is 6.92. The van der Waals surface area contributed by atoms with E-state index < -0.39 is 28.9 Å². The zero-order valence-electron chi connectivity index (χ0n) is 25.8. The van der Waals surface area contributed by atoms with Gasteiger partial charge in [-0.25, -0.2) is 4.79 Å². The maximum absolute atomic E-state index is 13.9. The second kappa shape index (κ2) is 12.4. The van der Waals surface area contributed by atoms with Crippen molar-refractivity contribution in [1.29, 1.82) is 0 Å². The van der Waals surface area contributed by atoms with Crippen molar-refractivity contribution in [2.24, 2.45) is 18.4 Å². The van der Waals surface area contributed by atoms with Crippen molar-refractivity contribution in [3.8, 4) is 0 Å². The normalized spacial score (nSPS) is 15.2. The first-order valence-electron chi connectivity index (χ1n) is 13.5. The molecule has 0 saturated carbocycles. The van der Waals surface area contributed by atoms with Crippen LogP contribution in [0.5, 0.6) is 0 Å². The van der Waals surface area contributed by atoms with Crippen molar-refractivity contribution in [1.82, 2.24) is 20.1 Å². The largest absolute Gasteiger partial charge is 0.466 e. The highest BCUT2D eigenvalue weighted by Gasteiger charge is 2.42. The van der Waals surface area contributed by atoms with Crippen LogP contribution in [0.4, 0.5) is 0 Å². The lowest BCUT2D eigenvalue weighted by atomic mass is 9.76. The number of para-hydroxylation sites is 1. The van der Waals surface area contributed by atoms with Crippen LogP contribution in [0.15, 0.2) is 42.1 Å². The molecule has 2 rings (SSSR count). The highest BCUT2D eigenvalue weighted by molar-refractivity contribution is 5.93. The molecule has 8 nitrogen and oxygen atoms in total. The second-order valence-electron chi connectivity index (χ2n) is 12.4. The van der Waals surface area contributed by atoms with Crippen LogP contribution in [0.1, 0.15) is 61.0 Å². The monoisotopic (exact) mass is 540 g/mol. The molecule has 0 fully saturated rings. The molecular weight excluding hydrogens is 492 g/mol. The molecular formula is C31H48N4O4. The van der Waals surface area contributed by atoms with Gasteiger partial charge in [0, 0.05) is 42.2 Å². The topological polar surface area (TPSA) is 92.7 Å². The van der Waals surface area contributed by atoms with E-state index >= 15 is 0 Å². The number of methoxy groups -OCH3 is 1. The molecule has 0 aliphatic heterocycles. The molecule has 1 aromatic carbocycles. The lowest BCUT2D eigenvalue weighted by Crippen LogP contribution is -2.61. The molecule has 39 heavy (non-hydrogen) atoms. The van der Waals surface area contributed by atoms with E-state index in [4.69, 9.17) is 4.74 Å². The van der Waals surface area contributed by atoms with Crippen molar-refractivity contribution >= 4 is 28.7 Å². The minimum Gasteiger partial charge on any atom is -0.466 e. The zero-order valence-corrected chi connectivity index (χ0v) is 25.8. The first kappa shape index (κ1) is 32.1. The smallest absolute Gasteiger partial charge is 0.333 e. The van der Waals surface area contributed by atoms with Gasteiger partial charge >= 0.3 is 5.97 Å². The van der Waals surface area contributed by atoms with Gasteiger partial charge in [-0.2, -0.15) is 0 Å². The number of carbonyl (C=O) groups excluding carboxylic acids is 3. The van der Waals surface area contributed by atoms with Crippen LogP contribution >= 0.6 is 0 Å². The maximum Gasteiger partial charge on any atom is 0.333 e. The Bertz CT molecular complexity index is 1220. The number of likely N-dealkylation sites (N-methyl/N-ethyl adjacent to an activating group) is 2. The summed E-state index contributed by atoms with van der Waals surface area (Å²) in [6.07, 6.45) is 3.83. The lowest BCUT2D eigenvalue weighted by molar-refractivity contribution is -0.141. The summed E-state index contributed by atoms with van der Waals surface area (Å²) in [4.78, 5) is 41.5. The Morgan fingerprint density at radius 1 is 1.05 bits per heavy atom. The Balaban J connectivity index is 2.43. The number of aromatic nitrogens is 1. The fraction of sp³-hybridized carbons (Fsp3) is 0.581. The number of hydrogen-bond acceptors (Lipinski definition) is 5. The minimum atomic E-state index is -0.790.